The van der Waals surface area contributed by atoms with Gasteiger partial charge in [-0.25, -0.2) is 4.39 Å². The van der Waals surface area contributed by atoms with E-state index in [4.69, 9.17) is 16.3 Å². The lowest BCUT2D eigenvalue weighted by Gasteiger charge is -2.19. The van der Waals surface area contributed by atoms with Gasteiger partial charge in [-0.1, -0.05) is 17.7 Å². The average Bonchev–Trinajstić information content (AvgIpc) is 2.81. The summed E-state index contributed by atoms with van der Waals surface area (Å²) >= 11 is 5.97. The molecule has 0 amide bonds. The molecular formula is C13H17ClFNO. The third-order valence-electron chi connectivity index (χ3n) is 3.30. The second kappa shape index (κ2) is 5.80. The molecule has 1 saturated heterocycles. The van der Waals surface area contributed by atoms with Gasteiger partial charge in [-0.2, -0.15) is 0 Å². The summed E-state index contributed by atoms with van der Waals surface area (Å²) in [5, 5.41) is 3.89. The maximum Gasteiger partial charge on any atom is 0.124 e. The Morgan fingerprint density at radius 2 is 2.41 bits per heavy atom. The first-order valence-electron chi connectivity index (χ1n) is 5.92. The molecule has 1 heterocycles. The summed E-state index contributed by atoms with van der Waals surface area (Å²) in [5.74, 6) is 0.269. The fraction of sp³-hybridized carbons (Fsp3) is 0.538. The number of benzene rings is 1. The van der Waals surface area contributed by atoms with Gasteiger partial charge in [0.1, 0.15) is 5.82 Å². The Hall–Kier alpha value is -0.640. The lowest BCUT2D eigenvalue weighted by atomic mass is 10.0. The predicted octanol–water partition coefficient (Wildman–Crippen LogP) is 2.99. The SMILES string of the molecule is CC(NCc1ccc(F)cc1Cl)C1CCOC1. The molecule has 0 saturated carbocycles. The van der Waals surface area contributed by atoms with Gasteiger partial charge in [0.05, 0.1) is 6.61 Å². The van der Waals surface area contributed by atoms with Gasteiger partial charge in [0.15, 0.2) is 0 Å². The summed E-state index contributed by atoms with van der Waals surface area (Å²) in [6.07, 6.45) is 1.10. The van der Waals surface area contributed by atoms with Crippen LogP contribution in [0.2, 0.25) is 5.02 Å². The van der Waals surface area contributed by atoms with Gasteiger partial charge < -0.3 is 10.1 Å². The van der Waals surface area contributed by atoms with E-state index in [9.17, 15) is 4.39 Å². The van der Waals surface area contributed by atoms with Gasteiger partial charge in [0.2, 0.25) is 0 Å². The van der Waals surface area contributed by atoms with E-state index in [2.05, 4.69) is 12.2 Å². The summed E-state index contributed by atoms with van der Waals surface area (Å²) in [6.45, 7) is 4.49. The van der Waals surface area contributed by atoms with Gasteiger partial charge in [0, 0.05) is 24.2 Å². The first-order chi connectivity index (χ1) is 8.16. The van der Waals surface area contributed by atoms with Crippen LogP contribution in [0, 0.1) is 11.7 Å². The van der Waals surface area contributed by atoms with Crippen molar-refractivity contribution in [1.82, 2.24) is 5.32 Å². The predicted molar refractivity (Wildman–Crippen MR) is 66.6 cm³/mol. The Balaban J connectivity index is 1.88. The van der Waals surface area contributed by atoms with Crippen LogP contribution >= 0.6 is 11.6 Å². The Bertz CT molecular complexity index is 380. The normalized spacial score (nSPS) is 21.7. The quantitative estimate of drug-likeness (QED) is 0.895. The van der Waals surface area contributed by atoms with E-state index < -0.39 is 0 Å². The highest BCUT2D eigenvalue weighted by Gasteiger charge is 2.21. The van der Waals surface area contributed by atoms with E-state index in [0.717, 1.165) is 25.2 Å². The molecule has 0 aliphatic carbocycles. The molecule has 2 rings (SSSR count). The summed E-state index contributed by atoms with van der Waals surface area (Å²) in [6, 6.07) is 4.90. The maximum absolute atomic E-state index is 12.9. The molecule has 2 unspecified atom stereocenters. The van der Waals surface area contributed by atoms with Gasteiger partial charge >= 0.3 is 0 Å². The maximum atomic E-state index is 12.9. The Labute approximate surface area is 106 Å². The van der Waals surface area contributed by atoms with Crippen LogP contribution in [0.25, 0.3) is 0 Å². The monoisotopic (exact) mass is 257 g/mol. The van der Waals surface area contributed by atoms with Crippen LogP contribution in [0.3, 0.4) is 0 Å². The zero-order valence-corrected chi connectivity index (χ0v) is 10.6. The van der Waals surface area contributed by atoms with Crippen LogP contribution in [0.1, 0.15) is 18.9 Å². The van der Waals surface area contributed by atoms with E-state index in [1.165, 1.54) is 12.1 Å². The average molecular weight is 258 g/mol. The van der Waals surface area contributed by atoms with Gasteiger partial charge in [0.25, 0.3) is 0 Å². The lowest BCUT2D eigenvalue weighted by molar-refractivity contribution is 0.178. The fourth-order valence-corrected chi connectivity index (χ4v) is 2.28. The van der Waals surface area contributed by atoms with Gasteiger partial charge in [-0.15, -0.1) is 0 Å². The highest BCUT2D eigenvalue weighted by molar-refractivity contribution is 6.31. The molecule has 1 fully saturated rings. The molecule has 1 N–H and O–H groups in total. The summed E-state index contributed by atoms with van der Waals surface area (Å²) in [4.78, 5) is 0. The van der Waals surface area contributed by atoms with Crippen molar-refractivity contribution in [2.75, 3.05) is 13.2 Å². The third kappa shape index (κ3) is 3.41. The van der Waals surface area contributed by atoms with Gasteiger partial charge in [-0.05, 0) is 37.0 Å². The first kappa shape index (κ1) is 12.8. The van der Waals surface area contributed by atoms with Crippen molar-refractivity contribution >= 4 is 11.6 Å². The number of rotatable bonds is 4. The van der Waals surface area contributed by atoms with E-state index in [1.807, 2.05) is 0 Å². The topological polar surface area (TPSA) is 21.3 Å². The molecule has 1 aliphatic rings. The van der Waals surface area contributed by atoms with E-state index in [-0.39, 0.29) is 5.82 Å². The molecule has 1 aromatic rings. The largest absolute Gasteiger partial charge is 0.381 e. The number of ether oxygens (including phenoxy) is 1. The first-order valence-corrected chi connectivity index (χ1v) is 6.29. The van der Waals surface area contributed by atoms with Crippen LogP contribution in [0.4, 0.5) is 4.39 Å². The molecule has 0 spiro atoms. The van der Waals surface area contributed by atoms with Crippen molar-refractivity contribution in [3.63, 3.8) is 0 Å². The van der Waals surface area contributed by atoms with E-state index in [0.29, 0.717) is 23.5 Å². The summed E-state index contributed by atoms with van der Waals surface area (Å²) < 4.78 is 18.2. The van der Waals surface area contributed by atoms with Crippen molar-refractivity contribution < 1.29 is 9.13 Å². The number of halogens is 2. The Morgan fingerprint density at radius 3 is 3.06 bits per heavy atom. The second-order valence-corrected chi connectivity index (χ2v) is 4.94. The van der Waals surface area contributed by atoms with Crippen molar-refractivity contribution in [2.45, 2.75) is 25.9 Å². The minimum Gasteiger partial charge on any atom is -0.381 e. The van der Waals surface area contributed by atoms with Crippen LogP contribution in [0.15, 0.2) is 18.2 Å². The molecule has 0 radical (unpaired) electrons. The summed E-state index contributed by atoms with van der Waals surface area (Å²) in [7, 11) is 0. The number of hydrogen-bond acceptors (Lipinski definition) is 2. The van der Waals surface area contributed by atoms with Crippen LogP contribution < -0.4 is 5.32 Å². The molecule has 94 valence electrons. The zero-order valence-electron chi connectivity index (χ0n) is 9.88. The Kier molecular flexibility index (Phi) is 4.37. The molecule has 0 aromatic heterocycles. The standard InChI is InChI=1S/C13H17ClFNO/c1-9(11-4-5-17-8-11)16-7-10-2-3-12(15)6-13(10)14/h2-3,6,9,11,16H,4-5,7-8H2,1H3. The minimum absolute atomic E-state index is 0.295. The van der Waals surface area contributed by atoms with E-state index in [1.54, 1.807) is 6.07 Å². The molecular weight excluding hydrogens is 241 g/mol. The van der Waals surface area contributed by atoms with Crippen molar-refractivity contribution in [3.8, 4) is 0 Å². The molecule has 2 atom stereocenters. The van der Waals surface area contributed by atoms with Crippen molar-refractivity contribution in [3.05, 3.63) is 34.6 Å². The van der Waals surface area contributed by atoms with Crippen LogP contribution in [0.5, 0.6) is 0 Å². The highest BCUT2D eigenvalue weighted by Crippen LogP contribution is 2.19. The number of nitrogens with one attached hydrogen (secondary N) is 1. The van der Waals surface area contributed by atoms with E-state index >= 15 is 0 Å². The highest BCUT2D eigenvalue weighted by atomic mass is 35.5. The third-order valence-corrected chi connectivity index (χ3v) is 3.65. The molecule has 0 bridgehead atoms. The van der Waals surface area contributed by atoms with Crippen LogP contribution in [-0.2, 0) is 11.3 Å². The Morgan fingerprint density at radius 1 is 1.59 bits per heavy atom. The summed E-state index contributed by atoms with van der Waals surface area (Å²) in [5.41, 5.74) is 0.929. The fourth-order valence-electron chi connectivity index (χ4n) is 2.05. The molecule has 4 heteroatoms. The molecule has 1 aliphatic heterocycles. The smallest absolute Gasteiger partial charge is 0.124 e. The van der Waals surface area contributed by atoms with Crippen LogP contribution in [-0.4, -0.2) is 19.3 Å². The van der Waals surface area contributed by atoms with Crippen molar-refractivity contribution in [1.29, 1.82) is 0 Å². The van der Waals surface area contributed by atoms with Gasteiger partial charge in [-0.3, -0.25) is 0 Å². The second-order valence-electron chi connectivity index (χ2n) is 4.53. The molecule has 17 heavy (non-hydrogen) atoms. The number of hydrogen-bond donors (Lipinski definition) is 1. The lowest BCUT2D eigenvalue weighted by Crippen LogP contribution is -2.33. The zero-order chi connectivity index (χ0) is 12.3. The minimum atomic E-state index is -0.295. The molecule has 2 nitrogen and oxygen atoms in total. The molecule has 1 aromatic carbocycles. The van der Waals surface area contributed by atoms with Crippen molar-refractivity contribution in [2.24, 2.45) is 5.92 Å².